The summed E-state index contributed by atoms with van der Waals surface area (Å²) in [6.07, 6.45) is 0. The summed E-state index contributed by atoms with van der Waals surface area (Å²) in [7, 11) is 0. The van der Waals surface area contributed by atoms with Crippen LogP contribution in [0.4, 0.5) is 11.4 Å². The lowest BCUT2D eigenvalue weighted by atomic mass is 10.1. The fourth-order valence-electron chi connectivity index (χ4n) is 2.21. The predicted molar refractivity (Wildman–Crippen MR) is 78.3 cm³/mol. The predicted octanol–water partition coefficient (Wildman–Crippen LogP) is -0.0573. The Labute approximate surface area is 122 Å². The van der Waals surface area contributed by atoms with Gasteiger partial charge in [0.15, 0.2) is 0 Å². The molecule has 0 aliphatic carbocycles. The minimum atomic E-state index is -0.630. The van der Waals surface area contributed by atoms with E-state index in [1.54, 1.807) is 43.0 Å². The number of hydrogen-bond acceptors (Lipinski definition) is 5. The van der Waals surface area contributed by atoms with Crippen LogP contribution in [0.5, 0.6) is 0 Å². The summed E-state index contributed by atoms with van der Waals surface area (Å²) in [5.41, 5.74) is 6.74. The van der Waals surface area contributed by atoms with Crippen LogP contribution in [0.15, 0.2) is 24.3 Å². The smallest absolute Gasteiger partial charge is 0.243 e. The van der Waals surface area contributed by atoms with Crippen molar-refractivity contribution < 1.29 is 14.4 Å². The number of imide groups is 1. The number of nitrogens with zero attached hydrogens (tertiary/aromatic N) is 1. The average Bonchev–Trinajstić information content (AvgIpc) is 2.44. The first kappa shape index (κ1) is 15.0. The zero-order valence-corrected chi connectivity index (χ0v) is 11.9. The van der Waals surface area contributed by atoms with Crippen molar-refractivity contribution in [2.45, 2.75) is 25.9 Å². The molecule has 0 bridgehead atoms. The number of para-hydroxylation sites is 2. The SMILES string of the molecule is CC1C(=O)NC(=O)CN1C(C)C(=O)Nc1ccccc1N. The Morgan fingerprint density at radius 1 is 1.43 bits per heavy atom. The topological polar surface area (TPSA) is 105 Å². The van der Waals surface area contributed by atoms with Crippen molar-refractivity contribution in [3.05, 3.63) is 24.3 Å². The quantitative estimate of drug-likeness (QED) is 0.534. The summed E-state index contributed by atoms with van der Waals surface area (Å²) in [4.78, 5) is 36.9. The number of carbonyl (C=O) groups excluding carboxylic acids is 3. The van der Waals surface area contributed by atoms with Crippen molar-refractivity contribution in [2.75, 3.05) is 17.6 Å². The van der Waals surface area contributed by atoms with Gasteiger partial charge in [0.1, 0.15) is 0 Å². The van der Waals surface area contributed by atoms with Gasteiger partial charge in [-0.15, -0.1) is 0 Å². The molecule has 1 heterocycles. The Morgan fingerprint density at radius 3 is 2.76 bits per heavy atom. The second kappa shape index (κ2) is 5.92. The molecule has 21 heavy (non-hydrogen) atoms. The van der Waals surface area contributed by atoms with Gasteiger partial charge in [-0.3, -0.25) is 24.6 Å². The molecular weight excluding hydrogens is 272 g/mol. The largest absolute Gasteiger partial charge is 0.397 e. The lowest BCUT2D eigenvalue weighted by Crippen LogP contribution is -2.61. The third kappa shape index (κ3) is 3.19. The van der Waals surface area contributed by atoms with Crippen LogP contribution in [0.2, 0.25) is 0 Å². The number of carbonyl (C=O) groups is 3. The molecule has 0 saturated carbocycles. The molecule has 4 N–H and O–H groups in total. The second-order valence-corrected chi connectivity index (χ2v) is 5.01. The maximum Gasteiger partial charge on any atom is 0.243 e. The molecule has 1 aromatic rings. The van der Waals surface area contributed by atoms with Gasteiger partial charge < -0.3 is 11.1 Å². The number of amides is 3. The normalized spacial score (nSPS) is 20.8. The molecular formula is C14H18N4O3. The number of benzene rings is 1. The van der Waals surface area contributed by atoms with E-state index in [1.807, 2.05) is 0 Å². The summed E-state index contributed by atoms with van der Waals surface area (Å²) >= 11 is 0. The van der Waals surface area contributed by atoms with E-state index < -0.39 is 23.9 Å². The number of piperazine rings is 1. The monoisotopic (exact) mass is 290 g/mol. The van der Waals surface area contributed by atoms with Crippen LogP contribution in [0.25, 0.3) is 0 Å². The molecule has 0 aromatic heterocycles. The Balaban J connectivity index is 2.10. The standard InChI is InChI=1S/C14H18N4O3/c1-8(18-7-12(19)17-14(21)9(18)2)13(20)16-11-6-4-3-5-10(11)15/h3-6,8-9H,7,15H2,1-2H3,(H,16,20)(H,17,19,21). The fourth-order valence-corrected chi connectivity index (χ4v) is 2.21. The average molecular weight is 290 g/mol. The number of hydrogen-bond donors (Lipinski definition) is 3. The molecule has 2 atom stereocenters. The zero-order chi connectivity index (χ0) is 15.6. The molecule has 1 fully saturated rings. The molecule has 0 radical (unpaired) electrons. The number of anilines is 2. The first-order chi connectivity index (χ1) is 9.90. The number of nitrogens with one attached hydrogen (secondary N) is 2. The number of rotatable bonds is 3. The lowest BCUT2D eigenvalue weighted by Gasteiger charge is -2.35. The van der Waals surface area contributed by atoms with E-state index in [1.165, 1.54) is 0 Å². The molecule has 2 unspecified atom stereocenters. The van der Waals surface area contributed by atoms with Crippen molar-refractivity contribution in [1.82, 2.24) is 10.2 Å². The van der Waals surface area contributed by atoms with Gasteiger partial charge in [-0.05, 0) is 26.0 Å². The van der Waals surface area contributed by atoms with E-state index in [0.717, 1.165) is 0 Å². The van der Waals surface area contributed by atoms with Crippen LogP contribution < -0.4 is 16.4 Å². The molecule has 112 valence electrons. The summed E-state index contributed by atoms with van der Waals surface area (Å²) < 4.78 is 0. The Morgan fingerprint density at radius 2 is 2.10 bits per heavy atom. The third-order valence-corrected chi connectivity index (χ3v) is 3.56. The highest BCUT2D eigenvalue weighted by Crippen LogP contribution is 2.18. The van der Waals surface area contributed by atoms with Gasteiger partial charge in [0.05, 0.1) is 30.0 Å². The van der Waals surface area contributed by atoms with Crippen LogP contribution in [0, 0.1) is 0 Å². The van der Waals surface area contributed by atoms with Gasteiger partial charge in [-0.25, -0.2) is 0 Å². The molecule has 0 spiro atoms. The maximum absolute atomic E-state index is 12.3. The van der Waals surface area contributed by atoms with Crippen LogP contribution in [-0.4, -0.2) is 41.2 Å². The van der Waals surface area contributed by atoms with Gasteiger partial charge in [-0.2, -0.15) is 0 Å². The Kier molecular flexibility index (Phi) is 4.23. The highest BCUT2D eigenvalue weighted by atomic mass is 16.2. The number of nitrogen functional groups attached to an aromatic ring is 1. The van der Waals surface area contributed by atoms with Crippen molar-refractivity contribution in [3.63, 3.8) is 0 Å². The first-order valence-electron chi connectivity index (χ1n) is 6.65. The van der Waals surface area contributed by atoms with E-state index in [-0.39, 0.29) is 12.5 Å². The third-order valence-electron chi connectivity index (χ3n) is 3.56. The summed E-state index contributed by atoms with van der Waals surface area (Å²) in [5, 5.41) is 4.95. The van der Waals surface area contributed by atoms with E-state index in [9.17, 15) is 14.4 Å². The van der Waals surface area contributed by atoms with E-state index in [0.29, 0.717) is 11.4 Å². The molecule has 3 amide bonds. The van der Waals surface area contributed by atoms with Crippen LogP contribution in [-0.2, 0) is 14.4 Å². The first-order valence-corrected chi connectivity index (χ1v) is 6.65. The minimum absolute atomic E-state index is 0.00572. The molecule has 1 aromatic carbocycles. The Hall–Kier alpha value is -2.41. The molecule has 2 rings (SSSR count). The second-order valence-electron chi connectivity index (χ2n) is 5.01. The van der Waals surface area contributed by atoms with E-state index >= 15 is 0 Å². The minimum Gasteiger partial charge on any atom is -0.397 e. The van der Waals surface area contributed by atoms with Gasteiger partial charge in [0, 0.05) is 0 Å². The summed E-state index contributed by atoms with van der Waals surface area (Å²) in [6, 6.07) is 5.73. The van der Waals surface area contributed by atoms with Crippen LogP contribution >= 0.6 is 0 Å². The molecule has 1 saturated heterocycles. The molecule has 1 aliphatic rings. The van der Waals surface area contributed by atoms with Gasteiger partial charge in [-0.1, -0.05) is 12.1 Å². The van der Waals surface area contributed by atoms with Crippen molar-refractivity contribution in [2.24, 2.45) is 0 Å². The van der Waals surface area contributed by atoms with Crippen molar-refractivity contribution in [3.8, 4) is 0 Å². The number of nitrogens with two attached hydrogens (primary N) is 1. The van der Waals surface area contributed by atoms with Crippen LogP contribution in [0.3, 0.4) is 0 Å². The summed E-state index contributed by atoms with van der Waals surface area (Å²) in [5.74, 6) is -1.12. The van der Waals surface area contributed by atoms with E-state index in [2.05, 4.69) is 10.6 Å². The zero-order valence-electron chi connectivity index (χ0n) is 11.9. The van der Waals surface area contributed by atoms with Gasteiger partial charge >= 0.3 is 0 Å². The lowest BCUT2D eigenvalue weighted by molar-refractivity contribution is -0.142. The van der Waals surface area contributed by atoms with Crippen molar-refractivity contribution in [1.29, 1.82) is 0 Å². The highest BCUT2D eigenvalue weighted by molar-refractivity contribution is 6.03. The molecule has 7 nitrogen and oxygen atoms in total. The maximum atomic E-state index is 12.3. The van der Waals surface area contributed by atoms with E-state index in [4.69, 9.17) is 5.73 Å². The fraction of sp³-hybridized carbons (Fsp3) is 0.357. The van der Waals surface area contributed by atoms with Crippen molar-refractivity contribution >= 4 is 29.1 Å². The van der Waals surface area contributed by atoms with Crippen LogP contribution in [0.1, 0.15) is 13.8 Å². The summed E-state index contributed by atoms with van der Waals surface area (Å²) in [6.45, 7) is 3.31. The Bertz CT molecular complexity index is 587. The molecule has 7 heteroatoms. The highest BCUT2D eigenvalue weighted by Gasteiger charge is 2.35. The van der Waals surface area contributed by atoms with Gasteiger partial charge in [0.25, 0.3) is 0 Å². The molecule has 1 aliphatic heterocycles. The van der Waals surface area contributed by atoms with Gasteiger partial charge in [0.2, 0.25) is 17.7 Å².